The van der Waals surface area contributed by atoms with Gasteiger partial charge < -0.3 is 20.1 Å². The maximum Gasteiger partial charge on any atom is 0.248 e. The van der Waals surface area contributed by atoms with Gasteiger partial charge in [0, 0.05) is 32.7 Å². The summed E-state index contributed by atoms with van der Waals surface area (Å²) in [5.41, 5.74) is 0. The summed E-state index contributed by atoms with van der Waals surface area (Å²) < 4.78 is 22.5. The summed E-state index contributed by atoms with van der Waals surface area (Å²) in [5.74, 6) is -0.0866. The fourth-order valence-corrected chi connectivity index (χ4v) is 1.96. The first-order valence-electron chi connectivity index (χ1n) is 7.53. The van der Waals surface area contributed by atoms with Crippen LogP contribution in [-0.4, -0.2) is 52.0 Å². The van der Waals surface area contributed by atoms with E-state index >= 15 is 0 Å². The minimum Gasteiger partial charge on any atom is -0.380 e. The molecule has 1 aromatic carbocycles. The third kappa shape index (κ3) is 8.27. The summed E-state index contributed by atoms with van der Waals surface area (Å²) in [6.45, 7) is 5.60. The summed E-state index contributed by atoms with van der Waals surface area (Å²) in [6, 6.07) is 6.12. The highest BCUT2D eigenvalue weighted by Gasteiger charge is 2.16. The molecule has 0 bridgehead atoms. The van der Waals surface area contributed by atoms with E-state index in [2.05, 4.69) is 10.6 Å². The minimum atomic E-state index is -0.385. The average Bonchev–Trinajstić information content (AvgIpc) is 2.84. The van der Waals surface area contributed by atoms with Gasteiger partial charge in [-0.3, -0.25) is 4.79 Å². The molecule has 0 radical (unpaired) electrons. The number of carbonyl (C=O) groups excluding carboxylic acids is 1. The molecule has 2 atom stereocenters. The molecule has 1 fully saturated rings. The van der Waals surface area contributed by atoms with E-state index in [-0.39, 0.29) is 22.9 Å². The van der Waals surface area contributed by atoms with Gasteiger partial charge in [-0.05, 0) is 19.1 Å². The molecule has 7 heteroatoms. The van der Waals surface area contributed by atoms with Gasteiger partial charge in [0.05, 0.1) is 18.2 Å². The Morgan fingerprint density at radius 1 is 1.57 bits per heavy atom. The summed E-state index contributed by atoms with van der Waals surface area (Å²) in [4.78, 5) is 11.4. The van der Waals surface area contributed by atoms with Crippen LogP contribution in [0.1, 0.15) is 6.92 Å². The second-order valence-electron chi connectivity index (χ2n) is 5.18. The Morgan fingerprint density at radius 2 is 2.30 bits per heavy atom. The van der Waals surface area contributed by atoms with Crippen molar-refractivity contribution in [1.29, 1.82) is 0 Å². The van der Waals surface area contributed by atoms with Crippen molar-refractivity contribution in [1.82, 2.24) is 10.6 Å². The second-order valence-corrected chi connectivity index (χ2v) is 5.59. The summed E-state index contributed by atoms with van der Waals surface area (Å²) >= 11 is 5.33. The number of methoxy groups -OCH3 is 1. The van der Waals surface area contributed by atoms with Crippen molar-refractivity contribution in [3.8, 4) is 0 Å². The van der Waals surface area contributed by atoms with E-state index in [1.54, 1.807) is 19.1 Å². The standard InChI is InChI=1S/C10H20N2O3.C6H4ClF/c1-8(14-2)10(13)12-6-9-5-11-3-4-15-7-9;7-5-3-1-2-4-6(5)8/h8-9,11H,3-7H2,1-2H3,(H,12,13);1-4H. The molecule has 1 aliphatic rings. The molecule has 0 spiro atoms. The van der Waals surface area contributed by atoms with Crippen molar-refractivity contribution in [2.24, 2.45) is 5.92 Å². The maximum absolute atomic E-state index is 12.2. The van der Waals surface area contributed by atoms with Gasteiger partial charge in [0.15, 0.2) is 0 Å². The topological polar surface area (TPSA) is 59.6 Å². The van der Waals surface area contributed by atoms with Crippen LogP contribution in [0.3, 0.4) is 0 Å². The number of halogens is 2. The molecular weight excluding hydrogens is 323 g/mol. The molecule has 23 heavy (non-hydrogen) atoms. The fourth-order valence-electron chi connectivity index (χ4n) is 1.83. The van der Waals surface area contributed by atoms with Crippen LogP contribution in [0.4, 0.5) is 4.39 Å². The molecule has 2 N–H and O–H groups in total. The molecule has 2 unspecified atom stereocenters. The first kappa shape index (κ1) is 19.8. The highest BCUT2D eigenvalue weighted by atomic mass is 35.5. The Hall–Kier alpha value is -1.21. The number of carbonyl (C=O) groups is 1. The summed E-state index contributed by atoms with van der Waals surface area (Å²) in [5, 5.41) is 6.28. The zero-order chi connectivity index (χ0) is 17.1. The molecule has 1 amide bonds. The molecule has 1 aliphatic heterocycles. The molecular formula is C16H24ClFN2O3. The lowest BCUT2D eigenvalue weighted by Gasteiger charge is -2.16. The van der Waals surface area contributed by atoms with Crippen molar-refractivity contribution >= 4 is 17.5 Å². The number of hydrogen-bond donors (Lipinski definition) is 2. The highest BCUT2D eigenvalue weighted by molar-refractivity contribution is 6.30. The molecule has 1 heterocycles. The Bertz CT molecular complexity index is 447. The number of benzene rings is 1. The monoisotopic (exact) mass is 346 g/mol. The van der Waals surface area contributed by atoms with Crippen molar-refractivity contribution in [3.63, 3.8) is 0 Å². The fraction of sp³-hybridized carbons (Fsp3) is 0.562. The van der Waals surface area contributed by atoms with Crippen molar-refractivity contribution < 1.29 is 18.7 Å². The third-order valence-corrected chi connectivity index (χ3v) is 3.63. The molecule has 0 saturated carbocycles. The van der Waals surface area contributed by atoms with Gasteiger partial charge in [-0.1, -0.05) is 23.7 Å². The van der Waals surface area contributed by atoms with E-state index < -0.39 is 0 Å². The number of rotatable bonds is 4. The SMILES string of the molecule is COC(C)C(=O)NCC1CNCCOC1.Fc1ccccc1Cl. The zero-order valence-electron chi connectivity index (χ0n) is 13.5. The predicted molar refractivity (Wildman–Crippen MR) is 88.1 cm³/mol. The van der Waals surface area contributed by atoms with Crippen molar-refractivity contribution in [3.05, 3.63) is 35.1 Å². The van der Waals surface area contributed by atoms with Crippen LogP contribution in [-0.2, 0) is 14.3 Å². The van der Waals surface area contributed by atoms with Gasteiger partial charge in [0.25, 0.3) is 0 Å². The van der Waals surface area contributed by atoms with Crippen molar-refractivity contribution in [2.45, 2.75) is 13.0 Å². The summed E-state index contributed by atoms with van der Waals surface area (Å²) in [6.07, 6.45) is -0.385. The van der Waals surface area contributed by atoms with Crippen LogP contribution in [0, 0.1) is 11.7 Å². The third-order valence-electron chi connectivity index (χ3n) is 3.32. The van der Waals surface area contributed by atoms with Crippen LogP contribution in [0.5, 0.6) is 0 Å². The molecule has 5 nitrogen and oxygen atoms in total. The smallest absolute Gasteiger partial charge is 0.248 e. The Kier molecular flexibility index (Phi) is 9.78. The van der Waals surface area contributed by atoms with Crippen LogP contribution < -0.4 is 10.6 Å². The Morgan fingerprint density at radius 3 is 2.91 bits per heavy atom. The maximum atomic E-state index is 12.2. The first-order chi connectivity index (χ1) is 11.0. The molecule has 0 aliphatic carbocycles. The lowest BCUT2D eigenvalue weighted by Crippen LogP contribution is -2.39. The average molecular weight is 347 g/mol. The van der Waals surface area contributed by atoms with Gasteiger partial charge in [0.2, 0.25) is 5.91 Å². The number of nitrogens with one attached hydrogen (secondary N) is 2. The van der Waals surface area contributed by atoms with Crippen LogP contribution in [0.25, 0.3) is 0 Å². The molecule has 2 rings (SSSR count). The van der Waals surface area contributed by atoms with E-state index in [1.807, 2.05) is 0 Å². The molecule has 1 saturated heterocycles. The van der Waals surface area contributed by atoms with Gasteiger partial charge in [0.1, 0.15) is 11.9 Å². The summed E-state index contributed by atoms with van der Waals surface area (Å²) in [7, 11) is 1.53. The Labute approximate surface area is 141 Å². The molecule has 1 aromatic rings. The van der Waals surface area contributed by atoms with E-state index in [1.165, 1.54) is 19.2 Å². The first-order valence-corrected chi connectivity index (χ1v) is 7.91. The highest BCUT2D eigenvalue weighted by Crippen LogP contribution is 2.11. The van der Waals surface area contributed by atoms with Gasteiger partial charge >= 0.3 is 0 Å². The van der Waals surface area contributed by atoms with Crippen LogP contribution in [0.15, 0.2) is 24.3 Å². The van der Waals surface area contributed by atoms with Gasteiger partial charge in [-0.25, -0.2) is 4.39 Å². The Balaban J connectivity index is 0.000000277. The van der Waals surface area contributed by atoms with Crippen LogP contribution >= 0.6 is 11.6 Å². The predicted octanol–water partition coefficient (Wildman–Crippen LogP) is 1.85. The number of hydrogen-bond acceptors (Lipinski definition) is 4. The normalized spacial score (nSPS) is 19.0. The van der Waals surface area contributed by atoms with Crippen molar-refractivity contribution in [2.75, 3.05) is 40.0 Å². The minimum absolute atomic E-state index is 0.0678. The largest absolute Gasteiger partial charge is 0.380 e. The molecule has 0 aromatic heterocycles. The molecule has 130 valence electrons. The number of amides is 1. The second kappa shape index (κ2) is 11.3. The van der Waals surface area contributed by atoms with Crippen LogP contribution in [0.2, 0.25) is 5.02 Å². The quantitative estimate of drug-likeness (QED) is 0.873. The van der Waals surface area contributed by atoms with Gasteiger partial charge in [-0.2, -0.15) is 0 Å². The lowest BCUT2D eigenvalue weighted by atomic mass is 10.1. The number of ether oxygens (including phenoxy) is 2. The van der Waals surface area contributed by atoms with Gasteiger partial charge in [-0.15, -0.1) is 0 Å². The van der Waals surface area contributed by atoms with E-state index in [0.29, 0.717) is 19.1 Å². The van der Waals surface area contributed by atoms with E-state index in [0.717, 1.165) is 19.7 Å². The van der Waals surface area contributed by atoms with E-state index in [9.17, 15) is 9.18 Å². The lowest BCUT2D eigenvalue weighted by molar-refractivity contribution is -0.130. The van der Waals surface area contributed by atoms with E-state index in [4.69, 9.17) is 21.1 Å². The zero-order valence-corrected chi connectivity index (χ0v) is 14.2.